The second kappa shape index (κ2) is 5.74. The average Bonchev–Trinajstić information content (AvgIpc) is 3.07. The number of aromatic nitrogens is 2. The Morgan fingerprint density at radius 1 is 1.16 bits per heavy atom. The molecule has 1 fully saturated rings. The first-order valence-electron chi connectivity index (χ1n) is 7.18. The summed E-state index contributed by atoms with van der Waals surface area (Å²) in [6, 6.07) is 10.5. The molecule has 0 bridgehead atoms. The summed E-state index contributed by atoms with van der Waals surface area (Å²) in [5, 5.41) is 0. The van der Waals surface area contributed by atoms with Gasteiger partial charge in [-0.3, -0.25) is 0 Å². The quantitative estimate of drug-likeness (QED) is 0.793. The van der Waals surface area contributed by atoms with Gasteiger partial charge >= 0.3 is 0 Å². The third-order valence-electron chi connectivity index (χ3n) is 4.17. The fourth-order valence-corrected chi connectivity index (χ4v) is 3.32. The molecule has 1 saturated carbocycles. The normalized spacial score (nSPS) is 16.0. The molecule has 19 heavy (non-hydrogen) atoms. The van der Waals surface area contributed by atoms with E-state index in [1.165, 1.54) is 43.4 Å². The maximum absolute atomic E-state index is 5.42. The highest BCUT2D eigenvalue weighted by Crippen LogP contribution is 2.29. The van der Waals surface area contributed by atoms with Crippen molar-refractivity contribution in [3.05, 3.63) is 41.3 Å². The Balaban J connectivity index is 1.80. The predicted molar refractivity (Wildman–Crippen MR) is 81.6 cm³/mol. The molecular formula is C16H20N2S. The van der Waals surface area contributed by atoms with Crippen LogP contribution in [0.4, 0.5) is 0 Å². The molecule has 0 saturated heterocycles. The summed E-state index contributed by atoms with van der Waals surface area (Å²) in [4.78, 5) is 3.19. The summed E-state index contributed by atoms with van der Waals surface area (Å²) in [6.07, 6.45) is 8.92. The van der Waals surface area contributed by atoms with Gasteiger partial charge in [-0.15, -0.1) is 0 Å². The van der Waals surface area contributed by atoms with Gasteiger partial charge in [-0.25, -0.2) is 0 Å². The van der Waals surface area contributed by atoms with E-state index in [9.17, 15) is 0 Å². The van der Waals surface area contributed by atoms with Crippen molar-refractivity contribution in [2.24, 2.45) is 5.92 Å². The van der Waals surface area contributed by atoms with Crippen LogP contribution in [0.15, 0.2) is 36.5 Å². The summed E-state index contributed by atoms with van der Waals surface area (Å²) in [7, 11) is 0. The fourth-order valence-electron chi connectivity index (χ4n) is 3.08. The summed E-state index contributed by atoms with van der Waals surface area (Å²) in [5.41, 5.74) is 2.45. The highest BCUT2D eigenvalue weighted by molar-refractivity contribution is 7.71. The van der Waals surface area contributed by atoms with Crippen LogP contribution in [0.2, 0.25) is 0 Å². The van der Waals surface area contributed by atoms with Gasteiger partial charge in [0, 0.05) is 12.7 Å². The standard InChI is InChI=1S/C16H20N2S/c19-16-17-12-15(14-8-2-1-3-9-14)18(16)11-10-13-6-4-5-7-13/h1-3,8-9,12-13H,4-7,10-11H2,(H,17,19). The van der Waals surface area contributed by atoms with E-state index in [1.807, 2.05) is 12.3 Å². The SMILES string of the molecule is S=c1[nH]cc(-c2ccccc2)n1CCC1CCCC1. The highest BCUT2D eigenvalue weighted by Gasteiger charge is 2.15. The molecule has 0 amide bonds. The first kappa shape index (κ1) is 12.7. The van der Waals surface area contributed by atoms with E-state index >= 15 is 0 Å². The smallest absolute Gasteiger partial charge is 0.177 e. The van der Waals surface area contributed by atoms with Gasteiger partial charge in [-0.1, -0.05) is 56.0 Å². The monoisotopic (exact) mass is 272 g/mol. The predicted octanol–water partition coefficient (Wildman–Crippen LogP) is 4.79. The minimum Gasteiger partial charge on any atom is -0.337 e. The molecule has 2 nitrogen and oxygen atoms in total. The van der Waals surface area contributed by atoms with Gasteiger partial charge < -0.3 is 9.55 Å². The Kier molecular flexibility index (Phi) is 3.83. The van der Waals surface area contributed by atoms with Gasteiger partial charge in [0.2, 0.25) is 0 Å². The maximum atomic E-state index is 5.42. The Morgan fingerprint density at radius 3 is 2.63 bits per heavy atom. The zero-order valence-electron chi connectivity index (χ0n) is 11.1. The molecule has 0 unspecified atom stereocenters. The van der Waals surface area contributed by atoms with Crippen LogP contribution < -0.4 is 0 Å². The fraction of sp³-hybridized carbons (Fsp3) is 0.438. The summed E-state index contributed by atoms with van der Waals surface area (Å²) in [6.45, 7) is 1.04. The highest BCUT2D eigenvalue weighted by atomic mass is 32.1. The zero-order chi connectivity index (χ0) is 13.1. The van der Waals surface area contributed by atoms with Gasteiger partial charge in [-0.2, -0.15) is 0 Å². The molecule has 0 radical (unpaired) electrons. The summed E-state index contributed by atoms with van der Waals surface area (Å²) >= 11 is 5.42. The molecular weight excluding hydrogens is 252 g/mol. The summed E-state index contributed by atoms with van der Waals surface area (Å²) < 4.78 is 3.10. The van der Waals surface area contributed by atoms with Crippen molar-refractivity contribution in [3.63, 3.8) is 0 Å². The van der Waals surface area contributed by atoms with E-state index < -0.39 is 0 Å². The van der Waals surface area contributed by atoms with Crippen LogP contribution in [0.3, 0.4) is 0 Å². The number of aromatic amines is 1. The van der Waals surface area contributed by atoms with E-state index in [4.69, 9.17) is 12.2 Å². The number of nitrogens with zero attached hydrogens (tertiary/aromatic N) is 1. The lowest BCUT2D eigenvalue weighted by atomic mass is 10.0. The van der Waals surface area contributed by atoms with Crippen molar-refractivity contribution in [1.29, 1.82) is 0 Å². The molecule has 2 aromatic rings. The first-order chi connectivity index (χ1) is 9.34. The van der Waals surface area contributed by atoms with Crippen LogP contribution in [0.5, 0.6) is 0 Å². The Morgan fingerprint density at radius 2 is 1.89 bits per heavy atom. The van der Waals surface area contributed by atoms with Crippen molar-refractivity contribution < 1.29 is 0 Å². The van der Waals surface area contributed by atoms with Crippen molar-refractivity contribution in [3.8, 4) is 11.3 Å². The van der Waals surface area contributed by atoms with Crippen molar-refractivity contribution in [2.75, 3.05) is 0 Å². The second-order valence-corrected chi connectivity index (χ2v) is 5.82. The molecule has 1 aliphatic rings. The number of imidazole rings is 1. The molecule has 3 rings (SSSR count). The first-order valence-corrected chi connectivity index (χ1v) is 7.59. The number of H-pyrrole nitrogens is 1. The van der Waals surface area contributed by atoms with Crippen molar-refractivity contribution in [1.82, 2.24) is 9.55 Å². The third kappa shape index (κ3) is 2.81. The number of nitrogens with one attached hydrogen (secondary N) is 1. The molecule has 0 atom stereocenters. The molecule has 0 spiro atoms. The van der Waals surface area contributed by atoms with Gasteiger partial charge in [-0.05, 0) is 30.1 Å². The van der Waals surface area contributed by atoms with E-state index in [1.54, 1.807) is 0 Å². The van der Waals surface area contributed by atoms with E-state index in [-0.39, 0.29) is 0 Å². The van der Waals surface area contributed by atoms with Gasteiger partial charge in [0.25, 0.3) is 0 Å². The van der Waals surface area contributed by atoms with Crippen molar-refractivity contribution >= 4 is 12.2 Å². The molecule has 1 aliphatic carbocycles. The molecule has 0 aliphatic heterocycles. The Hall–Kier alpha value is -1.35. The Labute approximate surface area is 119 Å². The number of rotatable bonds is 4. The van der Waals surface area contributed by atoms with Crippen LogP contribution >= 0.6 is 12.2 Å². The van der Waals surface area contributed by atoms with Gasteiger partial charge in [0.05, 0.1) is 5.69 Å². The van der Waals surface area contributed by atoms with E-state index in [2.05, 4.69) is 33.8 Å². The van der Waals surface area contributed by atoms with Gasteiger partial charge in [0.15, 0.2) is 4.77 Å². The van der Waals surface area contributed by atoms with Crippen LogP contribution in [-0.4, -0.2) is 9.55 Å². The van der Waals surface area contributed by atoms with Crippen LogP contribution in [-0.2, 0) is 6.54 Å². The zero-order valence-corrected chi connectivity index (χ0v) is 12.0. The van der Waals surface area contributed by atoms with E-state index in [0.717, 1.165) is 17.2 Å². The molecule has 1 aromatic carbocycles. The number of hydrogen-bond acceptors (Lipinski definition) is 1. The van der Waals surface area contributed by atoms with Crippen LogP contribution in [0, 0.1) is 10.7 Å². The van der Waals surface area contributed by atoms with E-state index in [0.29, 0.717) is 0 Å². The molecule has 3 heteroatoms. The maximum Gasteiger partial charge on any atom is 0.177 e. The Bertz CT molecular complexity index is 576. The lowest BCUT2D eigenvalue weighted by molar-refractivity contribution is 0.458. The van der Waals surface area contributed by atoms with Gasteiger partial charge in [0.1, 0.15) is 0 Å². The van der Waals surface area contributed by atoms with Crippen LogP contribution in [0.25, 0.3) is 11.3 Å². The largest absolute Gasteiger partial charge is 0.337 e. The van der Waals surface area contributed by atoms with Crippen molar-refractivity contribution in [2.45, 2.75) is 38.6 Å². The number of hydrogen-bond donors (Lipinski definition) is 1. The minimum absolute atomic E-state index is 0.844. The number of benzene rings is 1. The molecule has 1 aromatic heterocycles. The van der Waals surface area contributed by atoms with Crippen LogP contribution in [0.1, 0.15) is 32.1 Å². The average molecular weight is 272 g/mol. The lowest BCUT2D eigenvalue weighted by Crippen LogP contribution is -2.05. The minimum atomic E-state index is 0.844. The lowest BCUT2D eigenvalue weighted by Gasteiger charge is -2.12. The second-order valence-electron chi connectivity index (χ2n) is 5.44. The molecule has 1 N–H and O–H groups in total. The molecule has 100 valence electrons. The molecule has 1 heterocycles. The third-order valence-corrected chi connectivity index (χ3v) is 4.51. The topological polar surface area (TPSA) is 20.7 Å². The summed E-state index contributed by atoms with van der Waals surface area (Å²) in [5.74, 6) is 0.903.